The van der Waals surface area contributed by atoms with Gasteiger partial charge in [-0.05, 0) is 79.2 Å². The van der Waals surface area contributed by atoms with E-state index in [0.29, 0.717) is 40.0 Å². The number of carbonyl (C=O) groups is 2. The maximum absolute atomic E-state index is 12.8. The van der Waals surface area contributed by atoms with Gasteiger partial charge in [-0.15, -0.1) is 0 Å². The lowest BCUT2D eigenvalue weighted by atomic mass is 10.0. The summed E-state index contributed by atoms with van der Waals surface area (Å²) < 4.78 is 16.8. The lowest BCUT2D eigenvalue weighted by Crippen LogP contribution is -2.33. The monoisotopic (exact) mass is 516 g/mol. The van der Waals surface area contributed by atoms with Crippen molar-refractivity contribution in [3.8, 4) is 17.2 Å². The number of halogens is 1. The molecule has 0 bridgehead atoms. The minimum absolute atomic E-state index is 0.307. The van der Waals surface area contributed by atoms with Crippen molar-refractivity contribution in [1.82, 2.24) is 5.43 Å². The molecule has 0 aliphatic heterocycles. The zero-order valence-corrected chi connectivity index (χ0v) is 21.1. The van der Waals surface area contributed by atoms with Gasteiger partial charge in [-0.2, -0.15) is 5.10 Å². The molecular weight excluding hydrogens is 492 g/mol. The summed E-state index contributed by atoms with van der Waals surface area (Å²) in [6, 6.07) is 24.6. The van der Waals surface area contributed by atoms with Gasteiger partial charge in [0.2, 0.25) is 0 Å². The molecule has 0 saturated heterocycles. The Balaban J connectivity index is 1.51. The number of nitrogens with zero attached hydrogens (tertiary/aromatic N) is 1. The number of ether oxygens (including phenoxy) is 3. The lowest BCUT2D eigenvalue weighted by molar-refractivity contribution is -0.127. The van der Waals surface area contributed by atoms with Crippen LogP contribution in [0, 0.1) is 0 Å². The number of hydrogen-bond acceptors (Lipinski definition) is 6. The normalized spacial score (nSPS) is 11.8. The minimum Gasteiger partial charge on any atom is -0.494 e. The first-order valence-corrected chi connectivity index (χ1v) is 12.0. The van der Waals surface area contributed by atoms with E-state index in [1.54, 1.807) is 61.5 Å². The molecule has 1 atom stereocenters. The highest BCUT2D eigenvalue weighted by Crippen LogP contribution is 2.28. The van der Waals surface area contributed by atoms with Crippen LogP contribution in [0.3, 0.4) is 0 Å². The van der Waals surface area contributed by atoms with Crippen molar-refractivity contribution in [1.29, 1.82) is 0 Å². The summed E-state index contributed by atoms with van der Waals surface area (Å²) in [5, 5.41) is 6.41. The van der Waals surface area contributed by atoms with E-state index >= 15 is 0 Å². The molecule has 0 aliphatic rings. The molecule has 4 rings (SSSR count). The number of nitrogens with one attached hydrogen (secondary N) is 1. The van der Waals surface area contributed by atoms with Gasteiger partial charge in [0.1, 0.15) is 17.2 Å². The van der Waals surface area contributed by atoms with Crippen LogP contribution in [-0.2, 0) is 4.79 Å². The Kier molecular flexibility index (Phi) is 8.38. The van der Waals surface area contributed by atoms with Crippen molar-refractivity contribution in [2.24, 2.45) is 5.10 Å². The first kappa shape index (κ1) is 25.7. The van der Waals surface area contributed by atoms with Crippen LogP contribution in [0.4, 0.5) is 0 Å². The van der Waals surface area contributed by atoms with Gasteiger partial charge in [0.15, 0.2) is 6.10 Å². The van der Waals surface area contributed by atoms with Gasteiger partial charge in [-0.3, -0.25) is 4.79 Å². The first-order chi connectivity index (χ1) is 17.9. The van der Waals surface area contributed by atoms with Crippen LogP contribution in [0.15, 0.2) is 90.0 Å². The van der Waals surface area contributed by atoms with Crippen molar-refractivity contribution in [3.63, 3.8) is 0 Å². The summed E-state index contributed by atoms with van der Waals surface area (Å²) >= 11 is 5.89. The molecule has 188 valence electrons. The van der Waals surface area contributed by atoms with E-state index in [2.05, 4.69) is 10.5 Å². The van der Waals surface area contributed by atoms with Gasteiger partial charge in [0, 0.05) is 10.6 Å². The number of fused-ring (bicyclic) bond motifs is 1. The Morgan fingerprint density at radius 2 is 1.65 bits per heavy atom. The topological polar surface area (TPSA) is 86.2 Å². The molecule has 4 aromatic rings. The number of hydrogen-bond donors (Lipinski definition) is 1. The molecular formula is C29H25ClN2O5. The second-order valence-corrected chi connectivity index (χ2v) is 8.43. The minimum atomic E-state index is -0.803. The van der Waals surface area contributed by atoms with Crippen molar-refractivity contribution >= 4 is 40.5 Å². The third-order valence-corrected chi connectivity index (χ3v) is 5.65. The number of esters is 1. The van der Waals surface area contributed by atoms with Gasteiger partial charge in [0.25, 0.3) is 5.91 Å². The Hall–Kier alpha value is -4.36. The fourth-order valence-electron chi connectivity index (χ4n) is 3.53. The third kappa shape index (κ3) is 6.65. The molecule has 0 radical (unpaired) electrons. The van der Waals surface area contributed by atoms with Crippen LogP contribution in [0.2, 0.25) is 5.02 Å². The summed E-state index contributed by atoms with van der Waals surface area (Å²) in [6.07, 6.45) is 0.651. The fraction of sp³-hybridized carbons (Fsp3) is 0.138. The zero-order chi connectivity index (χ0) is 26.2. The highest BCUT2D eigenvalue weighted by atomic mass is 35.5. The molecule has 8 heteroatoms. The van der Waals surface area contributed by atoms with E-state index in [9.17, 15) is 9.59 Å². The Bertz CT molecular complexity index is 1420. The molecule has 0 heterocycles. The van der Waals surface area contributed by atoms with Gasteiger partial charge in [-0.1, -0.05) is 41.9 Å². The van der Waals surface area contributed by atoms with Crippen molar-refractivity contribution in [2.75, 3.05) is 6.61 Å². The van der Waals surface area contributed by atoms with Crippen molar-refractivity contribution < 1.29 is 23.8 Å². The third-order valence-electron chi connectivity index (χ3n) is 5.40. The van der Waals surface area contributed by atoms with E-state index in [4.69, 9.17) is 25.8 Å². The largest absolute Gasteiger partial charge is 0.494 e. The SMILES string of the molecule is CCOc1ccc(C(=O)Oc2ccc3ccccc3c2C=NNC(=O)C(C)Oc2ccc(Cl)cc2)cc1. The lowest BCUT2D eigenvalue weighted by Gasteiger charge is -2.13. The summed E-state index contributed by atoms with van der Waals surface area (Å²) in [5.41, 5.74) is 3.40. The predicted molar refractivity (Wildman–Crippen MR) is 144 cm³/mol. The summed E-state index contributed by atoms with van der Waals surface area (Å²) in [4.78, 5) is 25.4. The second-order valence-electron chi connectivity index (χ2n) is 7.99. The Morgan fingerprint density at radius 1 is 0.946 bits per heavy atom. The molecule has 1 N–H and O–H groups in total. The quantitative estimate of drug-likeness (QED) is 0.127. The highest BCUT2D eigenvalue weighted by Gasteiger charge is 2.16. The van der Waals surface area contributed by atoms with Crippen molar-refractivity contribution in [3.05, 3.63) is 101 Å². The van der Waals surface area contributed by atoms with Crippen LogP contribution in [0.1, 0.15) is 29.8 Å². The molecule has 0 fully saturated rings. The van der Waals surface area contributed by atoms with Crippen LogP contribution >= 0.6 is 11.6 Å². The van der Waals surface area contributed by atoms with Crippen LogP contribution < -0.4 is 19.6 Å². The number of benzene rings is 4. The summed E-state index contributed by atoms with van der Waals surface area (Å²) in [6.45, 7) is 4.04. The number of amides is 1. The van der Waals surface area contributed by atoms with E-state index in [1.165, 1.54) is 6.21 Å². The van der Waals surface area contributed by atoms with Gasteiger partial charge < -0.3 is 14.2 Å². The van der Waals surface area contributed by atoms with Crippen LogP contribution in [0.5, 0.6) is 17.2 Å². The standard InChI is InChI=1S/C29H25ClN2O5/c1-3-35-23-13-8-21(9-14-23)29(34)37-27-17-10-20-6-4-5-7-25(20)26(27)18-31-32-28(33)19(2)36-24-15-11-22(30)12-16-24/h4-19H,3H2,1-2H3,(H,32,33). The smallest absolute Gasteiger partial charge is 0.343 e. The Labute approximate surface area is 219 Å². The van der Waals surface area contributed by atoms with Crippen molar-refractivity contribution in [2.45, 2.75) is 20.0 Å². The summed E-state index contributed by atoms with van der Waals surface area (Å²) in [7, 11) is 0. The number of rotatable bonds is 9. The van der Waals surface area contributed by atoms with Crippen LogP contribution in [0.25, 0.3) is 10.8 Å². The average molecular weight is 517 g/mol. The van der Waals surface area contributed by atoms with Gasteiger partial charge in [0.05, 0.1) is 18.4 Å². The second kappa shape index (κ2) is 12.1. The zero-order valence-electron chi connectivity index (χ0n) is 20.3. The molecule has 1 amide bonds. The molecule has 0 saturated carbocycles. The van der Waals surface area contributed by atoms with E-state index in [-0.39, 0.29) is 0 Å². The van der Waals surface area contributed by atoms with Crippen LogP contribution in [-0.4, -0.2) is 30.8 Å². The molecule has 7 nitrogen and oxygen atoms in total. The molecule has 37 heavy (non-hydrogen) atoms. The van der Waals surface area contributed by atoms with Gasteiger partial charge >= 0.3 is 5.97 Å². The molecule has 0 aliphatic carbocycles. The number of carbonyl (C=O) groups excluding carboxylic acids is 2. The molecule has 0 spiro atoms. The Morgan fingerprint density at radius 3 is 2.38 bits per heavy atom. The molecule has 4 aromatic carbocycles. The van der Waals surface area contributed by atoms with Gasteiger partial charge in [-0.25, -0.2) is 10.2 Å². The first-order valence-electron chi connectivity index (χ1n) is 11.7. The van der Waals surface area contributed by atoms with E-state index < -0.39 is 18.0 Å². The number of hydrazone groups is 1. The summed E-state index contributed by atoms with van der Waals surface area (Å²) in [5.74, 6) is 0.513. The predicted octanol–water partition coefficient (Wildman–Crippen LogP) is 6.03. The van der Waals surface area contributed by atoms with E-state index in [1.807, 2.05) is 37.3 Å². The molecule has 1 unspecified atom stereocenters. The average Bonchev–Trinajstić information content (AvgIpc) is 2.91. The maximum atomic E-state index is 12.8. The molecule has 0 aromatic heterocycles. The van der Waals surface area contributed by atoms with E-state index in [0.717, 1.165) is 10.8 Å². The highest BCUT2D eigenvalue weighted by molar-refractivity contribution is 6.30. The maximum Gasteiger partial charge on any atom is 0.343 e. The fourth-order valence-corrected chi connectivity index (χ4v) is 3.66.